The molecule has 1 aliphatic carbocycles. The van der Waals surface area contributed by atoms with Crippen LogP contribution in [0.2, 0.25) is 0 Å². The summed E-state index contributed by atoms with van der Waals surface area (Å²) in [6.07, 6.45) is 0.540. The number of thiophene rings is 1. The van der Waals surface area contributed by atoms with Crippen molar-refractivity contribution in [2.75, 3.05) is 13.2 Å². The molecule has 0 unspecified atom stereocenters. The quantitative estimate of drug-likeness (QED) is 0.600. The number of ketones is 1. The van der Waals surface area contributed by atoms with E-state index in [1.54, 1.807) is 13.8 Å². The largest absolute Gasteiger partial charge is 0.465 e. The monoisotopic (exact) mass is 403 g/mol. The molecule has 1 aliphatic heterocycles. The maximum Gasteiger partial charge on any atom is 0.336 e. The van der Waals surface area contributed by atoms with Crippen molar-refractivity contribution >= 4 is 29.1 Å². The summed E-state index contributed by atoms with van der Waals surface area (Å²) < 4.78 is 10.4. The summed E-state index contributed by atoms with van der Waals surface area (Å²) in [7, 11) is 0. The molecular formula is C21H25NO5S. The second-order valence-corrected chi connectivity index (χ2v) is 7.82. The highest BCUT2D eigenvalue weighted by molar-refractivity contribution is 7.08. The molecule has 0 aromatic carbocycles. The van der Waals surface area contributed by atoms with Crippen LogP contribution in [0.1, 0.15) is 45.6 Å². The number of hydrogen-bond donors (Lipinski definition) is 1. The maximum atomic E-state index is 13.5. The van der Waals surface area contributed by atoms with Gasteiger partial charge in [0.1, 0.15) is 5.92 Å². The van der Waals surface area contributed by atoms with Gasteiger partial charge in [-0.15, -0.1) is 0 Å². The van der Waals surface area contributed by atoms with Crippen LogP contribution >= 0.6 is 11.3 Å². The highest BCUT2D eigenvalue weighted by Gasteiger charge is 2.47. The van der Waals surface area contributed by atoms with Crippen LogP contribution in [0.5, 0.6) is 0 Å². The van der Waals surface area contributed by atoms with Gasteiger partial charge in [0, 0.05) is 22.9 Å². The Hall–Kier alpha value is -2.41. The zero-order valence-corrected chi connectivity index (χ0v) is 17.4. The number of carbonyl (C=O) groups excluding carboxylic acids is 3. The predicted molar refractivity (Wildman–Crippen MR) is 105 cm³/mol. The number of esters is 2. The molecule has 0 saturated carbocycles. The fourth-order valence-electron chi connectivity index (χ4n) is 4.04. The van der Waals surface area contributed by atoms with Gasteiger partial charge in [-0.2, -0.15) is 11.3 Å². The van der Waals surface area contributed by atoms with Gasteiger partial charge in [-0.25, -0.2) is 4.79 Å². The van der Waals surface area contributed by atoms with Gasteiger partial charge in [-0.05, 0) is 55.5 Å². The van der Waals surface area contributed by atoms with Crippen LogP contribution in [0.4, 0.5) is 0 Å². The highest BCUT2D eigenvalue weighted by Crippen LogP contribution is 2.45. The molecule has 3 rings (SSSR count). The molecule has 0 spiro atoms. The standard InChI is InChI=1S/C21H25NO5S/c1-5-26-20(24)15-11(3)9-14-18(19(15)23)17(13-7-8-28-10-13)16(12(4)22-14)21(25)27-6-2/h7-8,10-11,15,17,22H,5-6,9H2,1-4H3/t11-,15+,17-/m1/s1. The molecule has 1 N–H and O–H groups in total. The molecule has 6 nitrogen and oxygen atoms in total. The number of ether oxygens (including phenoxy) is 2. The van der Waals surface area contributed by atoms with Gasteiger partial charge in [0.25, 0.3) is 0 Å². The molecule has 0 amide bonds. The summed E-state index contributed by atoms with van der Waals surface area (Å²) in [4.78, 5) is 38.7. The van der Waals surface area contributed by atoms with Crippen molar-refractivity contribution in [1.82, 2.24) is 5.32 Å². The van der Waals surface area contributed by atoms with Gasteiger partial charge in [-0.1, -0.05) is 6.92 Å². The number of nitrogens with one attached hydrogen (secondary N) is 1. The Balaban J connectivity index is 2.11. The number of hydrogen-bond acceptors (Lipinski definition) is 7. The molecule has 0 fully saturated rings. The molecule has 2 heterocycles. The van der Waals surface area contributed by atoms with Gasteiger partial charge in [0.15, 0.2) is 5.78 Å². The number of allylic oxidation sites excluding steroid dienone is 3. The molecule has 3 atom stereocenters. The predicted octanol–water partition coefficient (Wildman–Crippen LogP) is 3.31. The van der Waals surface area contributed by atoms with E-state index in [2.05, 4.69) is 5.32 Å². The summed E-state index contributed by atoms with van der Waals surface area (Å²) in [5, 5.41) is 7.08. The SMILES string of the molecule is CCOC(=O)C1=C(C)NC2=C(C(=O)[C@@H](C(=O)OCC)[C@H](C)C2)[C@@H]1c1ccsc1. The third kappa shape index (κ3) is 3.51. The second kappa shape index (κ2) is 8.31. The van der Waals surface area contributed by atoms with Crippen LogP contribution < -0.4 is 5.32 Å². The first kappa shape index (κ1) is 20.3. The molecule has 2 aliphatic rings. The zero-order valence-electron chi connectivity index (χ0n) is 16.5. The summed E-state index contributed by atoms with van der Waals surface area (Å²) in [6, 6.07) is 1.91. The zero-order chi connectivity index (χ0) is 20.4. The summed E-state index contributed by atoms with van der Waals surface area (Å²) in [6.45, 7) is 7.64. The normalized spacial score (nSPS) is 24.6. The first-order chi connectivity index (χ1) is 13.4. The van der Waals surface area contributed by atoms with Crippen molar-refractivity contribution < 1.29 is 23.9 Å². The molecule has 1 aromatic rings. The number of rotatable bonds is 5. The van der Waals surface area contributed by atoms with Gasteiger partial charge in [-0.3, -0.25) is 9.59 Å². The molecule has 150 valence electrons. The molecule has 28 heavy (non-hydrogen) atoms. The van der Waals surface area contributed by atoms with Crippen LogP contribution in [-0.4, -0.2) is 30.9 Å². The van der Waals surface area contributed by atoms with Gasteiger partial charge in [0.2, 0.25) is 0 Å². The minimum Gasteiger partial charge on any atom is -0.465 e. The molecule has 1 aromatic heterocycles. The highest BCUT2D eigenvalue weighted by atomic mass is 32.1. The fraction of sp³-hybridized carbons (Fsp3) is 0.476. The summed E-state index contributed by atoms with van der Waals surface area (Å²) >= 11 is 1.50. The van der Waals surface area contributed by atoms with E-state index in [0.717, 1.165) is 11.3 Å². The smallest absolute Gasteiger partial charge is 0.336 e. The fourth-order valence-corrected chi connectivity index (χ4v) is 4.72. The second-order valence-electron chi connectivity index (χ2n) is 7.04. The summed E-state index contributed by atoms with van der Waals surface area (Å²) in [5.41, 5.74) is 3.21. The van der Waals surface area contributed by atoms with E-state index in [0.29, 0.717) is 23.3 Å². The Morgan fingerprint density at radius 3 is 2.57 bits per heavy atom. The third-order valence-corrected chi connectivity index (χ3v) is 5.90. The lowest BCUT2D eigenvalue weighted by Gasteiger charge is -2.38. The first-order valence-electron chi connectivity index (χ1n) is 9.51. The minimum absolute atomic E-state index is 0.183. The lowest BCUT2D eigenvalue weighted by molar-refractivity contribution is -0.153. The van der Waals surface area contributed by atoms with E-state index in [9.17, 15) is 14.4 Å². The van der Waals surface area contributed by atoms with Crippen LogP contribution in [0.3, 0.4) is 0 Å². The van der Waals surface area contributed by atoms with Crippen molar-refractivity contribution in [2.24, 2.45) is 11.8 Å². The van der Waals surface area contributed by atoms with Crippen molar-refractivity contribution in [3.63, 3.8) is 0 Å². The Labute approximate surface area is 168 Å². The van der Waals surface area contributed by atoms with E-state index in [1.807, 2.05) is 30.7 Å². The van der Waals surface area contributed by atoms with Crippen LogP contribution in [-0.2, 0) is 23.9 Å². The Bertz CT molecular complexity index is 852. The van der Waals surface area contributed by atoms with Gasteiger partial charge >= 0.3 is 11.9 Å². The molecule has 0 radical (unpaired) electrons. The van der Waals surface area contributed by atoms with E-state index < -0.39 is 23.8 Å². The maximum absolute atomic E-state index is 13.5. The lowest BCUT2D eigenvalue weighted by Crippen LogP contribution is -2.43. The summed E-state index contributed by atoms with van der Waals surface area (Å²) in [5.74, 6) is -2.81. The van der Waals surface area contributed by atoms with Gasteiger partial charge in [0.05, 0.1) is 18.8 Å². The van der Waals surface area contributed by atoms with E-state index >= 15 is 0 Å². The Kier molecular flexibility index (Phi) is 6.03. The number of Topliss-reactive ketones (excluding diaryl/α,β-unsaturated/α-hetero) is 1. The van der Waals surface area contributed by atoms with Crippen LogP contribution in [0.25, 0.3) is 0 Å². The van der Waals surface area contributed by atoms with Crippen molar-refractivity contribution in [3.8, 4) is 0 Å². The van der Waals surface area contributed by atoms with Crippen molar-refractivity contribution in [3.05, 3.63) is 44.9 Å². The van der Waals surface area contributed by atoms with Crippen molar-refractivity contribution in [1.29, 1.82) is 0 Å². The van der Waals surface area contributed by atoms with E-state index in [4.69, 9.17) is 9.47 Å². The van der Waals surface area contributed by atoms with Crippen molar-refractivity contribution in [2.45, 2.75) is 40.0 Å². The number of dihydropyridines is 1. The number of carbonyl (C=O) groups is 3. The third-order valence-electron chi connectivity index (χ3n) is 5.20. The average Bonchev–Trinajstić information content (AvgIpc) is 3.15. The molecular weight excluding hydrogens is 378 g/mol. The van der Waals surface area contributed by atoms with E-state index in [1.165, 1.54) is 11.3 Å². The van der Waals surface area contributed by atoms with Crippen LogP contribution in [0, 0.1) is 11.8 Å². The average molecular weight is 404 g/mol. The molecule has 7 heteroatoms. The Morgan fingerprint density at radius 1 is 1.25 bits per heavy atom. The molecule has 0 saturated heterocycles. The molecule has 0 bridgehead atoms. The van der Waals surface area contributed by atoms with Crippen LogP contribution in [0.15, 0.2) is 39.4 Å². The minimum atomic E-state index is -0.858. The lowest BCUT2D eigenvalue weighted by atomic mass is 9.69. The first-order valence-corrected chi connectivity index (χ1v) is 10.5. The van der Waals surface area contributed by atoms with Gasteiger partial charge < -0.3 is 14.8 Å². The Morgan fingerprint density at radius 2 is 1.96 bits per heavy atom. The topological polar surface area (TPSA) is 81.7 Å². The van der Waals surface area contributed by atoms with E-state index in [-0.39, 0.29) is 24.9 Å².